The lowest BCUT2D eigenvalue weighted by molar-refractivity contribution is -0.152. The molecule has 0 saturated carbocycles. The van der Waals surface area contributed by atoms with E-state index >= 15 is 0 Å². The van der Waals surface area contributed by atoms with Gasteiger partial charge in [-0.2, -0.15) is 13.2 Å². The maximum absolute atomic E-state index is 13.3. The molecular formula is C21H18F3N3O3. The molecule has 0 saturated heterocycles. The monoisotopic (exact) mass is 417 g/mol. The van der Waals surface area contributed by atoms with Crippen molar-refractivity contribution < 1.29 is 27.5 Å². The van der Waals surface area contributed by atoms with Gasteiger partial charge in [-0.3, -0.25) is 9.59 Å². The Bertz CT molecular complexity index is 1120. The Morgan fingerprint density at radius 3 is 2.67 bits per heavy atom. The van der Waals surface area contributed by atoms with Crippen LogP contribution in [0.25, 0.3) is 11.0 Å². The molecule has 1 heterocycles. The zero-order valence-electron chi connectivity index (χ0n) is 15.8. The molecule has 0 unspecified atom stereocenters. The van der Waals surface area contributed by atoms with Crippen LogP contribution in [0.5, 0.6) is 0 Å². The number of halogens is 3. The molecular weight excluding hydrogens is 399 g/mol. The predicted octanol–water partition coefficient (Wildman–Crippen LogP) is 3.73. The molecule has 1 aliphatic carbocycles. The minimum Gasteiger partial charge on any atom is -0.454 e. The van der Waals surface area contributed by atoms with Crippen LogP contribution in [-0.4, -0.2) is 28.0 Å². The Balaban J connectivity index is 1.40. The van der Waals surface area contributed by atoms with Gasteiger partial charge in [0, 0.05) is 5.69 Å². The number of fused-ring (bicyclic) bond motifs is 2. The number of para-hydroxylation sites is 2. The number of hydrogen-bond acceptors (Lipinski definition) is 4. The quantitative estimate of drug-likeness (QED) is 0.642. The Morgan fingerprint density at radius 1 is 1.10 bits per heavy atom. The predicted molar refractivity (Wildman–Crippen MR) is 103 cm³/mol. The summed E-state index contributed by atoms with van der Waals surface area (Å²) in [6.07, 6.45) is -1.68. The maximum atomic E-state index is 13.3. The first-order valence-electron chi connectivity index (χ1n) is 9.41. The molecule has 4 rings (SSSR count). The fourth-order valence-corrected chi connectivity index (χ4v) is 3.62. The van der Waals surface area contributed by atoms with Crippen molar-refractivity contribution in [1.29, 1.82) is 0 Å². The van der Waals surface area contributed by atoms with E-state index in [4.69, 9.17) is 4.74 Å². The van der Waals surface area contributed by atoms with E-state index in [1.807, 2.05) is 12.1 Å². The first kappa shape index (κ1) is 19.9. The lowest BCUT2D eigenvalue weighted by Gasteiger charge is -2.11. The van der Waals surface area contributed by atoms with Crippen molar-refractivity contribution in [3.05, 3.63) is 59.4 Å². The van der Waals surface area contributed by atoms with Crippen molar-refractivity contribution >= 4 is 28.6 Å². The highest BCUT2D eigenvalue weighted by atomic mass is 19.4. The molecule has 6 nitrogen and oxygen atoms in total. The fraction of sp³-hybridized carbons (Fsp3) is 0.286. The number of ether oxygens (including phenoxy) is 1. The number of anilines is 1. The largest absolute Gasteiger partial charge is 0.454 e. The first-order valence-corrected chi connectivity index (χ1v) is 9.41. The number of hydrogen-bond donors (Lipinski definition) is 1. The average Bonchev–Trinajstić information content (AvgIpc) is 3.31. The summed E-state index contributed by atoms with van der Waals surface area (Å²) in [5.74, 6) is -2.72. The molecule has 0 spiro atoms. The zero-order valence-corrected chi connectivity index (χ0v) is 15.8. The van der Waals surface area contributed by atoms with Crippen molar-refractivity contribution in [1.82, 2.24) is 9.55 Å². The molecule has 9 heteroatoms. The standard InChI is InChI=1S/C21H18F3N3O3/c22-21(23,24)20-26-16-6-1-2-7-17(16)27(20)11-19(29)30-12-18(28)25-15-9-8-13-4-3-5-14(13)10-15/h1-2,6-10H,3-5,11-12H2,(H,25,28). The number of aryl methyl sites for hydroxylation is 2. The van der Waals surface area contributed by atoms with Crippen LogP contribution in [0.15, 0.2) is 42.5 Å². The van der Waals surface area contributed by atoms with Gasteiger partial charge in [0.2, 0.25) is 5.82 Å². The SMILES string of the molecule is O=C(COC(=O)Cn1c(C(F)(F)F)nc2ccccc21)Nc1ccc2c(c1)CCC2. The Kier molecular flexibility index (Phi) is 5.19. The molecule has 156 valence electrons. The second kappa shape index (κ2) is 7.81. The number of aromatic nitrogens is 2. The Morgan fingerprint density at radius 2 is 1.87 bits per heavy atom. The fourth-order valence-electron chi connectivity index (χ4n) is 3.62. The van der Waals surface area contributed by atoms with E-state index in [0.717, 1.165) is 23.8 Å². The molecule has 30 heavy (non-hydrogen) atoms. The summed E-state index contributed by atoms with van der Waals surface area (Å²) in [5.41, 5.74) is 3.30. The van der Waals surface area contributed by atoms with Crippen molar-refractivity contribution in [2.24, 2.45) is 0 Å². The van der Waals surface area contributed by atoms with Gasteiger partial charge in [-0.05, 0) is 54.7 Å². The highest BCUT2D eigenvalue weighted by molar-refractivity contribution is 5.93. The molecule has 1 aromatic heterocycles. The van der Waals surface area contributed by atoms with Crippen LogP contribution < -0.4 is 5.32 Å². The summed E-state index contributed by atoms with van der Waals surface area (Å²) in [4.78, 5) is 27.8. The number of benzene rings is 2. The van der Waals surface area contributed by atoms with Gasteiger partial charge < -0.3 is 14.6 Å². The van der Waals surface area contributed by atoms with Gasteiger partial charge in [0.15, 0.2) is 6.61 Å². The minimum atomic E-state index is -4.73. The first-order chi connectivity index (χ1) is 14.3. The van der Waals surface area contributed by atoms with E-state index in [-0.39, 0.29) is 11.0 Å². The molecule has 0 bridgehead atoms. The van der Waals surface area contributed by atoms with Crippen LogP contribution in [0.1, 0.15) is 23.4 Å². The summed E-state index contributed by atoms with van der Waals surface area (Å²) in [6.45, 7) is -1.30. The Labute approximate surface area is 169 Å². The molecule has 0 atom stereocenters. The van der Waals surface area contributed by atoms with Crippen LogP contribution in [0, 0.1) is 0 Å². The van der Waals surface area contributed by atoms with Crippen molar-refractivity contribution in [3.8, 4) is 0 Å². The van der Waals surface area contributed by atoms with Crippen LogP contribution in [-0.2, 0) is 39.9 Å². The highest BCUT2D eigenvalue weighted by Crippen LogP contribution is 2.31. The number of nitrogens with zero attached hydrogens (tertiary/aromatic N) is 2. The third kappa shape index (κ3) is 4.14. The van der Waals surface area contributed by atoms with Crippen LogP contribution in [0.2, 0.25) is 0 Å². The smallest absolute Gasteiger partial charge is 0.449 e. The van der Waals surface area contributed by atoms with Crippen molar-refractivity contribution in [3.63, 3.8) is 0 Å². The second-order valence-corrected chi connectivity index (χ2v) is 7.05. The number of carbonyl (C=O) groups is 2. The van der Waals surface area contributed by atoms with Gasteiger partial charge in [-0.1, -0.05) is 18.2 Å². The van der Waals surface area contributed by atoms with E-state index in [1.54, 1.807) is 18.2 Å². The molecule has 1 amide bonds. The van der Waals surface area contributed by atoms with Gasteiger partial charge in [-0.15, -0.1) is 0 Å². The molecule has 3 aromatic rings. The summed E-state index contributed by atoms with van der Waals surface area (Å²) >= 11 is 0. The minimum absolute atomic E-state index is 0.118. The number of imidazole rings is 1. The normalized spacial score (nSPS) is 13.3. The van der Waals surface area contributed by atoms with E-state index in [9.17, 15) is 22.8 Å². The topological polar surface area (TPSA) is 73.2 Å². The van der Waals surface area contributed by atoms with E-state index in [1.165, 1.54) is 23.3 Å². The number of alkyl halides is 3. The van der Waals surface area contributed by atoms with Crippen LogP contribution in [0.3, 0.4) is 0 Å². The number of esters is 1. The molecule has 0 fully saturated rings. The number of amides is 1. The number of carbonyl (C=O) groups excluding carboxylic acids is 2. The second-order valence-electron chi connectivity index (χ2n) is 7.05. The average molecular weight is 417 g/mol. The van der Waals surface area contributed by atoms with E-state index in [0.29, 0.717) is 5.69 Å². The van der Waals surface area contributed by atoms with Gasteiger partial charge in [0.05, 0.1) is 11.0 Å². The van der Waals surface area contributed by atoms with Gasteiger partial charge >= 0.3 is 12.1 Å². The maximum Gasteiger partial charge on any atom is 0.449 e. The zero-order chi connectivity index (χ0) is 21.3. The number of rotatable bonds is 5. The third-order valence-corrected chi connectivity index (χ3v) is 4.94. The van der Waals surface area contributed by atoms with Crippen LogP contribution >= 0.6 is 0 Å². The summed E-state index contributed by atoms with van der Waals surface area (Å²) < 4.78 is 45.5. The van der Waals surface area contributed by atoms with E-state index in [2.05, 4.69) is 10.3 Å². The van der Waals surface area contributed by atoms with Gasteiger partial charge in [-0.25, -0.2) is 4.98 Å². The highest BCUT2D eigenvalue weighted by Gasteiger charge is 2.38. The molecule has 1 aliphatic rings. The third-order valence-electron chi connectivity index (χ3n) is 4.94. The van der Waals surface area contributed by atoms with Crippen LogP contribution in [0.4, 0.5) is 18.9 Å². The lowest BCUT2D eigenvalue weighted by Crippen LogP contribution is -2.24. The van der Waals surface area contributed by atoms with Gasteiger partial charge in [0.25, 0.3) is 5.91 Å². The summed E-state index contributed by atoms with van der Waals surface area (Å²) in [5, 5.41) is 2.64. The summed E-state index contributed by atoms with van der Waals surface area (Å²) in [7, 11) is 0. The molecule has 1 N–H and O–H groups in total. The van der Waals surface area contributed by atoms with Crippen molar-refractivity contribution in [2.75, 3.05) is 11.9 Å². The molecule has 0 aliphatic heterocycles. The summed E-state index contributed by atoms with van der Waals surface area (Å²) in [6, 6.07) is 11.6. The molecule has 2 aromatic carbocycles. The van der Waals surface area contributed by atoms with Gasteiger partial charge in [0.1, 0.15) is 6.54 Å². The lowest BCUT2D eigenvalue weighted by atomic mass is 10.1. The van der Waals surface area contributed by atoms with E-state index < -0.39 is 37.0 Å². The van der Waals surface area contributed by atoms with Crippen molar-refractivity contribution in [2.45, 2.75) is 32.0 Å². The Hall–Kier alpha value is -3.36. The molecule has 0 radical (unpaired) electrons. The number of nitrogens with one attached hydrogen (secondary N) is 1.